The van der Waals surface area contributed by atoms with Gasteiger partial charge in [-0.3, -0.25) is 0 Å². The Balaban J connectivity index is 2.10. The molecule has 0 spiro atoms. The van der Waals surface area contributed by atoms with Crippen LogP contribution in [0.4, 0.5) is 0 Å². The van der Waals surface area contributed by atoms with Gasteiger partial charge < -0.3 is 19.8 Å². The van der Waals surface area contributed by atoms with E-state index in [1.807, 2.05) is 31.3 Å². The average molecular weight is 289 g/mol. The maximum Gasteiger partial charge on any atom is 0.165 e. The molecule has 0 saturated carbocycles. The monoisotopic (exact) mass is 289 g/mol. The fraction of sp³-hybridized carbons (Fsp3) is 0.438. The first kappa shape index (κ1) is 15.4. The number of ether oxygens (including phenoxy) is 2. The molecule has 0 aliphatic carbocycles. The van der Waals surface area contributed by atoms with Gasteiger partial charge in [0.2, 0.25) is 0 Å². The molecule has 5 nitrogen and oxygen atoms in total. The number of nitrogens with zero attached hydrogens (tertiary/aromatic N) is 1. The summed E-state index contributed by atoms with van der Waals surface area (Å²) in [6, 6.07) is 6.15. The van der Waals surface area contributed by atoms with Gasteiger partial charge in [0.25, 0.3) is 0 Å². The van der Waals surface area contributed by atoms with Crippen LogP contribution in [0.5, 0.6) is 11.5 Å². The van der Waals surface area contributed by atoms with Crippen molar-refractivity contribution in [2.45, 2.75) is 32.9 Å². The Kier molecular flexibility index (Phi) is 5.63. The number of aromatic amines is 1. The van der Waals surface area contributed by atoms with Crippen molar-refractivity contribution in [1.82, 2.24) is 15.3 Å². The summed E-state index contributed by atoms with van der Waals surface area (Å²) in [5, 5.41) is 3.50. The van der Waals surface area contributed by atoms with Gasteiger partial charge in [-0.1, -0.05) is 19.1 Å². The summed E-state index contributed by atoms with van der Waals surface area (Å²) < 4.78 is 11.1. The number of methoxy groups -OCH3 is 1. The third-order valence-electron chi connectivity index (χ3n) is 3.36. The summed E-state index contributed by atoms with van der Waals surface area (Å²) in [6.45, 7) is 5.42. The lowest BCUT2D eigenvalue weighted by Crippen LogP contribution is -2.21. The summed E-state index contributed by atoms with van der Waals surface area (Å²) in [5.74, 6) is 2.53. The summed E-state index contributed by atoms with van der Waals surface area (Å²) in [6.07, 6.45) is 4.58. The van der Waals surface area contributed by atoms with Crippen LogP contribution in [0.25, 0.3) is 0 Å². The Bertz CT molecular complexity index is 540. The van der Waals surface area contributed by atoms with Gasteiger partial charge in [-0.2, -0.15) is 0 Å². The van der Waals surface area contributed by atoms with E-state index in [0.29, 0.717) is 13.2 Å². The van der Waals surface area contributed by atoms with Gasteiger partial charge in [-0.25, -0.2) is 4.98 Å². The van der Waals surface area contributed by atoms with Crippen LogP contribution in [0.1, 0.15) is 37.7 Å². The lowest BCUT2D eigenvalue weighted by atomic mass is 10.1. The summed E-state index contributed by atoms with van der Waals surface area (Å²) >= 11 is 0. The molecule has 0 fully saturated rings. The molecule has 5 heteroatoms. The molecule has 1 aromatic carbocycles. The lowest BCUT2D eigenvalue weighted by Gasteiger charge is -2.17. The Hall–Kier alpha value is -2.01. The number of nitrogens with one attached hydrogen (secondary N) is 2. The molecule has 1 atom stereocenters. The van der Waals surface area contributed by atoms with Gasteiger partial charge in [0.15, 0.2) is 11.5 Å². The Labute approximate surface area is 125 Å². The van der Waals surface area contributed by atoms with Crippen LogP contribution in [-0.2, 0) is 6.54 Å². The molecule has 2 rings (SSSR count). The highest BCUT2D eigenvalue weighted by atomic mass is 16.5. The molecule has 21 heavy (non-hydrogen) atoms. The Morgan fingerprint density at radius 1 is 1.33 bits per heavy atom. The van der Waals surface area contributed by atoms with E-state index in [2.05, 4.69) is 22.2 Å². The number of H-pyrrole nitrogens is 1. The highest BCUT2D eigenvalue weighted by Crippen LogP contribution is 2.31. The van der Waals surface area contributed by atoms with Crippen molar-refractivity contribution in [3.63, 3.8) is 0 Å². The molecule has 0 saturated heterocycles. The quantitative estimate of drug-likeness (QED) is 0.784. The third kappa shape index (κ3) is 3.76. The first-order valence-corrected chi connectivity index (χ1v) is 7.31. The molecule has 1 aromatic heterocycles. The van der Waals surface area contributed by atoms with Crippen molar-refractivity contribution in [3.8, 4) is 11.5 Å². The summed E-state index contributed by atoms with van der Waals surface area (Å²) in [5.41, 5.74) is 1.08. The van der Waals surface area contributed by atoms with Crippen molar-refractivity contribution >= 4 is 0 Å². The van der Waals surface area contributed by atoms with Crippen LogP contribution < -0.4 is 14.8 Å². The molecule has 2 aromatic rings. The Morgan fingerprint density at radius 2 is 2.19 bits per heavy atom. The van der Waals surface area contributed by atoms with Crippen molar-refractivity contribution in [1.29, 1.82) is 0 Å². The van der Waals surface area contributed by atoms with Crippen molar-refractivity contribution in [2.75, 3.05) is 13.7 Å². The van der Waals surface area contributed by atoms with E-state index < -0.39 is 0 Å². The second kappa shape index (κ2) is 7.69. The standard InChI is InChI=1S/C16H23N3O2/c1-4-13(16-17-9-10-18-16)19-11-12-7-6-8-14(21-5-2)15(12)20-3/h6-10,13,19H,4-5,11H2,1-3H3,(H,17,18). The van der Waals surface area contributed by atoms with E-state index in [-0.39, 0.29) is 6.04 Å². The fourth-order valence-corrected chi connectivity index (χ4v) is 2.34. The van der Waals surface area contributed by atoms with E-state index in [1.54, 1.807) is 13.3 Å². The van der Waals surface area contributed by atoms with Crippen molar-refractivity contribution in [2.24, 2.45) is 0 Å². The van der Waals surface area contributed by atoms with Gasteiger partial charge in [0.1, 0.15) is 5.82 Å². The topological polar surface area (TPSA) is 59.2 Å². The molecule has 0 bridgehead atoms. The minimum Gasteiger partial charge on any atom is -0.493 e. The van der Waals surface area contributed by atoms with Gasteiger partial charge in [-0.05, 0) is 19.4 Å². The second-order valence-corrected chi connectivity index (χ2v) is 4.70. The van der Waals surface area contributed by atoms with Gasteiger partial charge in [0.05, 0.1) is 19.8 Å². The number of rotatable bonds is 8. The van der Waals surface area contributed by atoms with E-state index in [1.165, 1.54) is 0 Å². The molecule has 0 aliphatic heterocycles. The maximum absolute atomic E-state index is 5.60. The third-order valence-corrected chi connectivity index (χ3v) is 3.36. The van der Waals surface area contributed by atoms with E-state index >= 15 is 0 Å². The fourth-order valence-electron chi connectivity index (χ4n) is 2.34. The van der Waals surface area contributed by atoms with E-state index in [9.17, 15) is 0 Å². The van der Waals surface area contributed by atoms with Gasteiger partial charge in [-0.15, -0.1) is 0 Å². The molecule has 114 valence electrons. The Morgan fingerprint density at radius 3 is 2.81 bits per heavy atom. The van der Waals surface area contributed by atoms with Crippen LogP contribution >= 0.6 is 0 Å². The van der Waals surface area contributed by atoms with Crippen LogP contribution in [0.3, 0.4) is 0 Å². The number of hydrogen-bond acceptors (Lipinski definition) is 4. The zero-order valence-corrected chi connectivity index (χ0v) is 12.8. The number of hydrogen-bond donors (Lipinski definition) is 2. The number of benzene rings is 1. The van der Waals surface area contributed by atoms with Crippen molar-refractivity contribution < 1.29 is 9.47 Å². The van der Waals surface area contributed by atoms with E-state index in [0.717, 1.165) is 29.3 Å². The number of imidazole rings is 1. The van der Waals surface area contributed by atoms with E-state index in [4.69, 9.17) is 9.47 Å². The zero-order valence-electron chi connectivity index (χ0n) is 12.8. The number of aromatic nitrogens is 2. The minimum atomic E-state index is 0.195. The second-order valence-electron chi connectivity index (χ2n) is 4.70. The minimum absolute atomic E-state index is 0.195. The maximum atomic E-state index is 5.60. The smallest absolute Gasteiger partial charge is 0.165 e. The predicted octanol–water partition coefficient (Wildman–Crippen LogP) is 3.06. The molecule has 1 heterocycles. The lowest BCUT2D eigenvalue weighted by molar-refractivity contribution is 0.308. The molecule has 1 unspecified atom stereocenters. The summed E-state index contributed by atoms with van der Waals surface area (Å²) in [7, 11) is 1.67. The normalized spacial score (nSPS) is 12.1. The first-order chi connectivity index (χ1) is 10.3. The average Bonchev–Trinajstić information content (AvgIpc) is 3.03. The highest BCUT2D eigenvalue weighted by molar-refractivity contribution is 5.46. The van der Waals surface area contributed by atoms with Gasteiger partial charge >= 0.3 is 0 Å². The molecule has 0 amide bonds. The number of para-hydroxylation sites is 1. The molecule has 0 aliphatic rings. The SMILES string of the molecule is CCOc1cccc(CNC(CC)c2ncc[nH]2)c1OC. The first-order valence-electron chi connectivity index (χ1n) is 7.31. The highest BCUT2D eigenvalue weighted by Gasteiger charge is 2.14. The molecular formula is C16H23N3O2. The van der Waals surface area contributed by atoms with Crippen molar-refractivity contribution in [3.05, 3.63) is 42.0 Å². The molecular weight excluding hydrogens is 266 g/mol. The van der Waals surface area contributed by atoms with Crippen LogP contribution in [-0.4, -0.2) is 23.7 Å². The zero-order chi connectivity index (χ0) is 15.1. The molecule has 0 radical (unpaired) electrons. The predicted molar refractivity (Wildman–Crippen MR) is 82.6 cm³/mol. The van der Waals surface area contributed by atoms with Gasteiger partial charge in [0, 0.05) is 24.5 Å². The van der Waals surface area contributed by atoms with Crippen LogP contribution in [0.2, 0.25) is 0 Å². The van der Waals surface area contributed by atoms with Crippen LogP contribution in [0.15, 0.2) is 30.6 Å². The molecule has 2 N–H and O–H groups in total. The largest absolute Gasteiger partial charge is 0.493 e. The summed E-state index contributed by atoms with van der Waals surface area (Å²) in [4.78, 5) is 7.47. The van der Waals surface area contributed by atoms with Crippen LogP contribution in [0, 0.1) is 0 Å².